The van der Waals surface area contributed by atoms with Crippen LogP contribution in [0.5, 0.6) is 0 Å². The number of halogens is 1. The van der Waals surface area contributed by atoms with Crippen molar-refractivity contribution in [3.63, 3.8) is 0 Å². The Labute approximate surface area is 146 Å². The van der Waals surface area contributed by atoms with E-state index < -0.39 is 0 Å². The summed E-state index contributed by atoms with van der Waals surface area (Å²) in [7, 11) is 0. The zero-order valence-corrected chi connectivity index (χ0v) is 15.1. The van der Waals surface area contributed by atoms with Crippen molar-refractivity contribution in [3.8, 4) is 0 Å². The number of fused-ring (bicyclic) bond motifs is 1. The molecule has 1 aromatic rings. The Morgan fingerprint density at radius 1 is 1.32 bits per heavy atom. The summed E-state index contributed by atoms with van der Waals surface area (Å²) < 4.78 is 19.6. The summed E-state index contributed by atoms with van der Waals surface area (Å²) in [5.74, 6) is 0. The highest BCUT2D eigenvalue weighted by molar-refractivity contribution is 14.1. The molecular weight excluding hydrogens is 391 g/mol. The van der Waals surface area contributed by atoms with Crippen LogP contribution in [0.2, 0.25) is 0 Å². The lowest BCUT2D eigenvalue weighted by Crippen LogP contribution is -2.58. The molecule has 4 heteroatoms. The first-order valence-corrected chi connectivity index (χ1v) is 9.34. The van der Waals surface area contributed by atoms with Crippen LogP contribution >= 0.6 is 22.6 Å². The molecular formula is C18H23IO3. The van der Waals surface area contributed by atoms with Crippen molar-refractivity contribution >= 4 is 22.6 Å². The molecule has 2 aliphatic heterocycles. The fourth-order valence-electron chi connectivity index (χ4n) is 3.36. The summed E-state index contributed by atoms with van der Waals surface area (Å²) in [6.45, 7) is 6.75. The van der Waals surface area contributed by atoms with Crippen molar-refractivity contribution in [3.05, 3.63) is 48.6 Å². The summed E-state index contributed by atoms with van der Waals surface area (Å²) >= 11 is 2.39. The molecule has 0 spiro atoms. The normalized spacial score (nSPS) is 38.3. The monoisotopic (exact) mass is 414 g/mol. The zero-order chi connectivity index (χ0) is 15.6. The maximum atomic E-state index is 6.35. The quantitative estimate of drug-likeness (QED) is 0.418. The molecule has 5 atom stereocenters. The van der Waals surface area contributed by atoms with Gasteiger partial charge in [0.05, 0.1) is 24.9 Å². The van der Waals surface area contributed by atoms with E-state index in [1.54, 1.807) is 0 Å². The number of alkyl halides is 1. The highest BCUT2D eigenvalue weighted by atomic mass is 127. The van der Waals surface area contributed by atoms with Gasteiger partial charge in [-0.15, -0.1) is 6.58 Å². The van der Waals surface area contributed by atoms with Gasteiger partial charge in [0, 0.05) is 21.8 Å². The minimum Gasteiger partial charge on any atom is -0.373 e. The maximum absolute atomic E-state index is 6.35. The predicted octanol–water partition coefficient (Wildman–Crippen LogP) is 4.28. The molecule has 0 unspecified atom stereocenters. The van der Waals surface area contributed by atoms with Gasteiger partial charge in [-0.2, -0.15) is 0 Å². The first-order chi connectivity index (χ1) is 10.7. The molecule has 1 aromatic carbocycles. The average molecular weight is 414 g/mol. The summed E-state index contributed by atoms with van der Waals surface area (Å²) in [5.41, 5.74) is 0.976. The van der Waals surface area contributed by atoms with Crippen LogP contribution in [0.4, 0.5) is 0 Å². The largest absolute Gasteiger partial charge is 0.373 e. The van der Waals surface area contributed by atoms with Gasteiger partial charge < -0.3 is 14.2 Å². The molecule has 120 valence electrons. The van der Waals surface area contributed by atoms with Crippen molar-refractivity contribution in [2.45, 2.75) is 44.4 Å². The second-order valence-corrected chi connectivity index (χ2v) is 7.23. The van der Waals surface area contributed by atoms with Gasteiger partial charge in [-0.1, -0.05) is 65.9 Å². The van der Waals surface area contributed by atoms with E-state index in [-0.39, 0.29) is 30.0 Å². The Hall–Kier alpha value is -0.430. The number of hydrogen-bond donors (Lipinski definition) is 0. The van der Waals surface area contributed by atoms with Crippen molar-refractivity contribution in [2.24, 2.45) is 5.41 Å². The van der Waals surface area contributed by atoms with Crippen LogP contribution in [0, 0.1) is 5.41 Å². The highest BCUT2D eigenvalue weighted by Gasteiger charge is 2.52. The van der Waals surface area contributed by atoms with Crippen molar-refractivity contribution in [1.82, 2.24) is 0 Å². The maximum Gasteiger partial charge on any atom is 0.184 e. The molecule has 2 saturated heterocycles. The SMILES string of the molecule is C=CC[C@H]1O[C@@H](CI)C[C@@H]2O[C@H](c3ccccc3)OC[C@@]21C. The molecule has 0 bridgehead atoms. The third-order valence-electron chi connectivity index (χ3n) is 4.76. The van der Waals surface area contributed by atoms with E-state index in [4.69, 9.17) is 14.2 Å². The van der Waals surface area contributed by atoms with E-state index in [2.05, 4.69) is 48.2 Å². The Kier molecular flexibility index (Phi) is 5.22. The molecule has 2 fully saturated rings. The summed E-state index contributed by atoms with van der Waals surface area (Å²) in [6.07, 6.45) is 3.95. The second-order valence-electron chi connectivity index (χ2n) is 6.35. The van der Waals surface area contributed by atoms with Gasteiger partial charge in [0.2, 0.25) is 0 Å². The van der Waals surface area contributed by atoms with E-state index in [0.29, 0.717) is 6.61 Å². The standard InChI is InChI=1S/C18H23IO3/c1-3-7-15-18(2)12-20-17(13-8-5-4-6-9-13)22-16(18)10-14(11-19)21-15/h3-6,8-9,14-17H,1,7,10-12H2,2H3/t14-,15-,16+,17-,18-/m1/s1. The van der Waals surface area contributed by atoms with Crippen LogP contribution in [0.25, 0.3) is 0 Å². The number of benzene rings is 1. The number of hydrogen-bond acceptors (Lipinski definition) is 3. The molecule has 0 radical (unpaired) electrons. The Balaban J connectivity index is 1.80. The molecule has 0 amide bonds. The fraction of sp³-hybridized carbons (Fsp3) is 0.556. The second kappa shape index (κ2) is 6.99. The van der Waals surface area contributed by atoms with E-state index in [0.717, 1.165) is 22.8 Å². The molecule has 2 heterocycles. The van der Waals surface area contributed by atoms with E-state index in [1.807, 2.05) is 24.3 Å². The lowest BCUT2D eigenvalue weighted by molar-refractivity contribution is -0.317. The molecule has 0 aromatic heterocycles. The van der Waals surface area contributed by atoms with Crippen LogP contribution in [-0.4, -0.2) is 29.3 Å². The van der Waals surface area contributed by atoms with Crippen LogP contribution in [0.3, 0.4) is 0 Å². The van der Waals surface area contributed by atoms with Crippen LogP contribution in [0.1, 0.15) is 31.6 Å². The molecule has 2 aliphatic rings. The number of ether oxygens (including phenoxy) is 3. The average Bonchev–Trinajstić information content (AvgIpc) is 2.56. The zero-order valence-electron chi connectivity index (χ0n) is 12.9. The highest BCUT2D eigenvalue weighted by Crippen LogP contribution is 2.46. The molecule has 0 saturated carbocycles. The summed E-state index contributed by atoms with van der Waals surface area (Å²) in [4.78, 5) is 0. The van der Waals surface area contributed by atoms with E-state index in [9.17, 15) is 0 Å². The van der Waals surface area contributed by atoms with Gasteiger partial charge in [0.1, 0.15) is 0 Å². The minimum atomic E-state index is -0.267. The van der Waals surface area contributed by atoms with Gasteiger partial charge >= 0.3 is 0 Å². The lowest BCUT2D eigenvalue weighted by Gasteiger charge is -2.52. The van der Waals surface area contributed by atoms with Gasteiger partial charge in [-0.3, -0.25) is 0 Å². The van der Waals surface area contributed by atoms with Crippen LogP contribution in [-0.2, 0) is 14.2 Å². The first-order valence-electron chi connectivity index (χ1n) is 7.81. The van der Waals surface area contributed by atoms with Crippen LogP contribution < -0.4 is 0 Å². The van der Waals surface area contributed by atoms with Gasteiger partial charge in [-0.05, 0) is 6.42 Å². The third kappa shape index (κ3) is 3.11. The fourth-order valence-corrected chi connectivity index (χ4v) is 3.93. The van der Waals surface area contributed by atoms with Gasteiger partial charge in [-0.25, -0.2) is 0 Å². The molecule has 0 N–H and O–H groups in total. The lowest BCUT2D eigenvalue weighted by atomic mass is 9.73. The van der Waals surface area contributed by atoms with Crippen molar-refractivity contribution in [1.29, 1.82) is 0 Å². The van der Waals surface area contributed by atoms with E-state index in [1.165, 1.54) is 0 Å². The smallest absolute Gasteiger partial charge is 0.184 e. The van der Waals surface area contributed by atoms with Gasteiger partial charge in [0.25, 0.3) is 0 Å². The number of rotatable bonds is 4. The Bertz CT molecular complexity index is 506. The summed E-state index contributed by atoms with van der Waals surface area (Å²) in [5, 5.41) is 0. The molecule has 3 nitrogen and oxygen atoms in total. The third-order valence-corrected chi connectivity index (χ3v) is 5.75. The predicted molar refractivity (Wildman–Crippen MR) is 95.1 cm³/mol. The van der Waals surface area contributed by atoms with Crippen LogP contribution in [0.15, 0.2) is 43.0 Å². The molecule has 3 rings (SSSR count). The Morgan fingerprint density at radius 3 is 2.77 bits per heavy atom. The molecule has 0 aliphatic carbocycles. The van der Waals surface area contributed by atoms with E-state index >= 15 is 0 Å². The topological polar surface area (TPSA) is 27.7 Å². The summed E-state index contributed by atoms with van der Waals surface area (Å²) in [6, 6.07) is 10.2. The molecule has 22 heavy (non-hydrogen) atoms. The minimum absolute atomic E-state index is 0.109. The first kappa shape index (κ1) is 16.4. The Morgan fingerprint density at radius 2 is 2.09 bits per heavy atom. The van der Waals surface area contributed by atoms with Crippen molar-refractivity contribution < 1.29 is 14.2 Å². The van der Waals surface area contributed by atoms with Crippen molar-refractivity contribution in [2.75, 3.05) is 11.0 Å². The van der Waals surface area contributed by atoms with Gasteiger partial charge in [0.15, 0.2) is 6.29 Å².